The molecular weight excluding hydrogens is 342 g/mol. The summed E-state index contributed by atoms with van der Waals surface area (Å²) in [5.74, 6) is -1.06. The van der Waals surface area contributed by atoms with Crippen molar-refractivity contribution in [2.75, 3.05) is 25.0 Å². The van der Waals surface area contributed by atoms with Crippen LogP contribution < -0.4 is 10.9 Å². The second-order valence-electron chi connectivity index (χ2n) is 6.17. The van der Waals surface area contributed by atoms with Crippen LogP contribution in [0.4, 0.5) is 5.69 Å². The molecule has 10 nitrogen and oxygen atoms in total. The number of amides is 1. The Labute approximate surface area is 149 Å². The minimum Gasteiger partial charge on any atom is -0.501 e. The van der Waals surface area contributed by atoms with E-state index in [4.69, 9.17) is 0 Å². The lowest BCUT2D eigenvalue weighted by Crippen LogP contribution is -2.39. The van der Waals surface area contributed by atoms with Gasteiger partial charge in [-0.25, -0.2) is 4.98 Å². The van der Waals surface area contributed by atoms with Crippen molar-refractivity contribution in [3.63, 3.8) is 0 Å². The average molecular weight is 363 g/mol. The van der Waals surface area contributed by atoms with Gasteiger partial charge in [0.25, 0.3) is 11.5 Å². The number of β-amino-alcohol motifs (C(OH)–C–C–N with tert-alkyl or cyclic N) is 1. The highest BCUT2D eigenvalue weighted by molar-refractivity contribution is 6.04. The molecule has 1 saturated heterocycles. The Morgan fingerprint density at radius 3 is 2.96 bits per heavy atom. The van der Waals surface area contributed by atoms with Crippen LogP contribution in [0.5, 0.6) is 5.75 Å². The third kappa shape index (κ3) is 3.46. The zero-order valence-corrected chi connectivity index (χ0v) is 14.4. The van der Waals surface area contributed by atoms with E-state index >= 15 is 0 Å². The van der Waals surface area contributed by atoms with Gasteiger partial charge in [0.2, 0.25) is 5.75 Å². The van der Waals surface area contributed by atoms with Crippen molar-refractivity contribution in [1.29, 1.82) is 0 Å². The van der Waals surface area contributed by atoms with Gasteiger partial charge in [-0.3, -0.25) is 19.1 Å². The van der Waals surface area contributed by atoms with Crippen molar-refractivity contribution in [3.8, 4) is 5.75 Å². The van der Waals surface area contributed by atoms with E-state index in [2.05, 4.69) is 20.0 Å². The maximum Gasteiger partial charge on any atom is 0.296 e. The van der Waals surface area contributed by atoms with Gasteiger partial charge in [0.15, 0.2) is 5.69 Å². The fraction of sp³-hybridized carbons (Fsp3) is 0.500. The molecule has 0 aromatic carbocycles. The Bertz CT molecular complexity index is 830. The molecule has 2 aromatic rings. The van der Waals surface area contributed by atoms with Crippen molar-refractivity contribution in [3.05, 3.63) is 34.3 Å². The molecule has 1 fully saturated rings. The fourth-order valence-electron chi connectivity index (χ4n) is 3.20. The molecule has 0 spiro atoms. The van der Waals surface area contributed by atoms with Crippen LogP contribution in [0.2, 0.25) is 0 Å². The van der Waals surface area contributed by atoms with Crippen LogP contribution in [-0.2, 0) is 7.05 Å². The predicted octanol–water partition coefficient (Wildman–Crippen LogP) is 0.245. The molecule has 3 N–H and O–H groups in total. The summed E-state index contributed by atoms with van der Waals surface area (Å²) in [6.45, 7) is 1.21. The van der Waals surface area contributed by atoms with E-state index in [1.165, 1.54) is 24.1 Å². The molecule has 3 rings (SSSR count). The minimum absolute atomic E-state index is 0.0106. The fourth-order valence-corrected chi connectivity index (χ4v) is 3.20. The molecule has 1 unspecified atom stereocenters. The van der Waals surface area contributed by atoms with Gasteiger partial charge in [-0.15, -0.1) is 0 Å². The standard InChI is InChI=1S/C16H21N5O5/c1-20-14(11-4-2-3-5-21(11)6-7-22)19-12(13(23)16(20)25)15(24)18-10-8-17-26-9-10/h8-9,11,22-23H,2-7H2,1H3,(H,18,24). The lowest BCUT2D eigenvalue weighted by atomic mass is 10.0. The van der Waals surface area contributed by atoms with Gasteiger partial charge in [0.05, 0.1) is 18.8 Å². The Kier molecular flexibility index (Phi) is 5.33. The van der Waals surface area contributed by atoms with E-state index in [0.717, 1.165) is 25.8 Å². The number of nitrogens with zero attached hydrogens (tertiary/aromatic N) is 4. The third-order valence-electron chi connectivity index (χ3n) is 4.51. The van der Waals surface area contributed by atoms with E-state index in [1.807, 2.05) is 4.90 Å². The number of anilines is 1. The summed E-state index contributed by atoms with van der Waals surface area (Å²) in [4.78, 5) is 31.2. The van der Waals surface area contributed by atoms with E-state index < -0.39 is 17.2 Å². The van der Waals surface area contributed by atoms with Gasteiger partial charge in [-0.1, -0.05) is 11.6 Å². The molecule has 10 heteroatoms. The Hall–Kier alpha value is -2.72. The number of likely N-dealkylation sites (tertiary alicyclic amines) is 1. The molecule has 26 heavy (non-hydrogen) atoms. The smallest absolute Gasteiger partial charge is 0.296 e. The zero-order valence-electron chi connectivity index (χ0n) is 14.4. The van der Waals surface area contributed by atoms with Crippen LogP contribution >= 0.6 is 0 Å². The SMILES string of the molecule is Cn1c(C2CCCCN2CCO)nc(C(=O)Nc2cnoc2)c(O)c1=O. The number of carbonyl (C=O) groups is 1. The minimum atomic E-state index is -0.728. The Balaban J connectivity index is 1.99. The summed E-state index contributed by atoms with van der Waals surface area (Å²) in [5, 5.41) is 25.4. The number of piperidine rings is 1. The lowest BCUT2D eigenvalue weighted by Gasteiger charge is -2.35. The van der Waals surface area contributed by atoms with Gasteiger partial charge in [-0.2, -0.15) is 0 Å². The maximum atomic E-state index is 12.4. The van der Waals surface area contributed by atoms with E-state index in [9.17, 15) is 19.8 Å². The Morgan fingerprint density at radius 1 is 1.46 bits per heavy atom. The number of hydrogen-bond acceptors (Lipinski definition) is 8. The number of carbonyl (C=O) groups excluding carboxylic acids is 1. The van der Waals surface area contributed by atoms with Crippen molar-refractivity contribution in [2.45, 2.75) is 25.3 Å². The summed E-state index contributed by atoms with van der Waals surface area (Å²) in [7, 11) is 1.51. The third-order valence-corrected chi connectivity index (χ3v) is 4.51. The first kappa shape index (κ1) is 18.1. The summed E-state index contributed by atoms with van der Waals surface area (Å²) in [5.41, 5.74) is -0.753. The van der Waals surface area contributed by atoms with Crippen molar-refractivity contribution >= 4 is 11.6 Å². The molecule has 0 aliphatic carbocycles. The van der Waals surface area contributed by atoms with Crippen LogP contribution in [0.25, 0.3) is 0 Å². The molecule has 0 radical (unpaired) electrons. The summed E-state index contributed by atoms with van der Waals surface area (Å²) < 4.78 is 5.90. The monoisotopic (exact) mass is 363 g/mol. The molecule has 1 atom stereocenters. The van der Waals surface area contributed by atoms with Crippen molar-refractivity contribution in [2.24, 2.45) is 7.05 Å². The number of nitrogens with one attached hydrogen (secondary N) is 1. The van der Waals surface area contributed by atoms with Gasteiger partial charge in [0.1, 0.15) is 17.8 Å². The maximum absolute atomic E-state index is 12.4. The average Bonchev–Trinajstić information content (AvgIpc) is 3.14. The number of rotatable bonds is 5. The molecule has 1 aliphatic heterocycles. The summed E-state index contributed by atoms with van der Waals surface area (Å²) >= 11 is 0. The summed E-state index contributed by atoms with van der Waals surface area (Å²) in [6, 6.07) is -0.212. The van der Waals surface area contributed by atoms with Gasteiger partial charge < -0.3 is 20.1 Å². The first-order valence-corrected chi connectivity index (χ1v) is 8.38. The molecule has 0 bridgehead atoms. The van der Waals surface area contributed by atoms with E-state index in [-0.39, 0.29) is 24.0 Å². The van der Waals surface area contributed by atoms with E-state index in [0.29, 0.717) is 12.4 Å². The Morgan fingerprint density at radius 2 is 2.27 bits per heavy atom. The van der Waals surface area contributed by atoms with Gasteiger partial charge in [0, 0.05) is 13.6 Å². The number of aliphatic hydroxyl groups is 1. The largest absolute Gasteiger partial charge is 0.501 e. The van der Waals surface area contributed by atoms with Crippen molar-refractivity contribution in [1.82, 2.24) is 19.6 Å². The molecule has 1 aliphatic rings. The lowest BCUT2D eigenvalue weighted by molar-refractivity contribution is 0.100. The number of aromatic hydroxyl groups is 1. The second kappa shape index (κ2) is 7.67. The van der Waals surface area contributed by atoms with Crippen LogP contribution in [0.1, 0.15) is 41.6 Å². The molecular formula is C16H21N5O5. The van der Waals surface area contributed by atoms with Crippen LogP contribution in [0.15, 0.2) is 21.8 Å². The number of aromatic nitrogens is 3. The quantitative estimate of drug-likeness (QED) is 0.688. The van der Waals surface area contributed by atoms with Crippen LogP contribution in [-0.4, -0.2) is 55.4 Å². The van der Waals surface area contributed by atoms with Crippen molar-refractivity contribution < 1.29 is 19.5 Å². The van der Waals surface area contributed by atoms with E-state index in [1.54, 1.807) is 0 Å². The van der Waals surface area contributed by atoms with Gasteiger partial charge in [-0.05, 0) is 19.4 Å². The summed E-state index contributed by atoms with van der Waals surface area (Å²) in [6.07, 6.45) is 5.20. The predicted molar refractivity (Wildman–Crippen MR) is 90.8 cm³/mol. The number of hydrogen-bond donors (Lipinski definition) is 3. The highest BCUT2D eigenvalue weighted by atomic mass is 16.5. The molecule has 140 valence electrons. The number of aliphatic hydroxyl groups excluding tert-OH is 1. The molecule has 0 saturated carbocycles. The normalized spacial score (nSPS) is 18.0. The highest BCUT2D eigenvalue weighted by Crippen LogP contribution is 2.29. The topological polar surface area (TPSA) is 134 Å². The first-order valence-electron chi connectivity index (χ1n) is 8.38. The zero-order chi connectivity index (χ0) is 18.7. The molecule has 3 heterocycles. The van der Waals surface area contributed by atoms with Crippen LogP contribution in [0.3, 0.4) is 0 Å². The molecule has 1 amide bonds. The first-order chi connectivity index (χ1) is 12.5. The van der Waals surface area contributed by atoms with Crippen LogP contribution in [0, 0.1) is 0 Å². The second-order valence-corrected chi connectivity index (χ2v) is 6.17. The van der Waals surface area contributed by atoms with Gasteiger partial charge >= 0.3 is 0 Å². The highest BCUT2D eigenvalue weighted by Gasteiger charge is 2.30. The molecule has 2 aromatic heterocycles.